The lowest BCUT2D eigenvalue weighted by molar-refractivity contribution is 0.0845. The van der Waals surface area contributed by atoms with Crippen LogP contribution < -0.4 is 4.74 Å². The van der Waals surface area contributed by atoms with E-state index >= 15 is 0 Å². The Balaban J connectivity index is 1.69. The van der Waals surface area contributed by atoms with E-state index in [0.29, 0.717) is 12.0 Å². The SMILES string of the molecule is OC(c1cccc(OC2CC2)c1)C1CCCCC1. The fraction of sp³-hybridized carbons (Fsp3) is 0.625. The summed E-state index contributed by atoms with van der Waals surface area (Å²) in [5.74, 6) is 1.36. The lowest BCUT2D eigenvalue weighted by atomic mass is 9.83. The fourth-order valence-corrected chi connectivity index (χ4v) is 2.87. The highest BCUT2D eigenvalue weighted by molar-refractivity contribution is 5.30. The standard InChI is InChI=1S/C16H22O2/c17-16(12-5-2-1-3-6-12)13-7-4-8-15(11-13)18-14-9-10-14/h4,7-8,11-12,14,16-17H,1-3,5-6,9-10H2. The largest absolute Gasteiger partial charge is 0.490 e. The van der Waals surface area contributed by atoms with Gasteiger partial charge < -0.3 is 9.84 Å². The summed E-state index contributed by atoms with van der Waals surface area (Å²) in [6, 6.07) is 8.05. The molecule has 0 bridgehead atoms. The van der Waals surface area contributed by atoms with Crippen LogP contribution in [-0.4, -0.2) is 11.2 Å². The van der Waals surface area contributed by atoms with E-state index in [1.807, 2.05) is 24.3 Å². The van der Waals surface area contributed by atoms with Gasteiger partial charge in [-0.2, -0.15) is 0 Å². The van der Waals surface area contributed by atoms with Crippen LogP contribution in [0.15, 0.2) is 24.3 Å². The molecule has 1 aromatic carbocycles. The van der Waals surface area contributed by atoms with Crippen LogP contribution in [0.4, 0.5) is 0 Å². The van der Waals surface area contributed by atoms with E-state index in [9.17, 15) is 5.11 Å². The van der Waals surface area contributed by atoms with E-state index in [0.717, 1.165) is 24.2 Å². The van der Waals surface area contributed by atoms with Crippen LogP contribution in [0.3, 0.4) is 0 Å². The molecule has 98 valence electrons. The number of hydrogen-bond donors (Lipinski definition) is 1. The summed E-state index contributed by atoms with van der Waals surface area (Å²) in [7, 11) is 0. The van der Waals surface area contributed by atoms with Gasteiger partial charge in [-0.25, -0.2) is 0 Å². The second kappa shape index (κ2) is 5.31. The fourth-order valence-electron chi connectivity index (χ4n) is 2.87. The molecule has 18 heavy (non-hydrogen) atoms. The van der Waals surface area contributed by atoms with Gasteiger partial charge in [0.05, 0.1) is 12.2 Å². The minimum Gasteiger partial charge on any atom is -0.490 e. The number of aliphatic hydroxyl groups is 1. The molecule has 3 rings (SSSR count). The van der Waals surface area contributed by atoms with Crippen molar-refractivity contribution in [3.8, 4) is 5.75 Å². The highest BCUT2D eigenvalue weighted by atomic mass is 16.5. The second-order valence-corrected chi connectivity index (χ2v) is 5.73. The van der Waals surface area contributed by atoms with Crippen molar-refractivity contribution >= 4 is 0 Å². The van der Waals surface area contributed by atoms with Gasteiger partial charge in [-0.1, -0.05) is 31.4 Å². The Morgan fingerprint density at radius 3 is 2.56 bits per heavy atom. The van der Waals surface area contributed by atoms with Gasteiger partial charge in [0.25, 0.3) is 0 Å². The molecule has 1 N–H and O–H groups in total. The maximum absolute atomic E-state index is 10.5. The molecule has 2 fully saturated rings. The quantitative estimate of drug-likeness (QED) is 0.874. The van der Waals surface area contributed by atoms with Crippen molar-refractivity contribution < 1.29 is 9.84 Å². The first-order valence-corrected chi connectivity index (χ1v) is 7.27. The summed E-state index contributed by atoms with van der Waals surface area (Å²) in [5, 5.41) is 10.5. The highest BCUT2D eigenvalue weighted by Crippen LogP contribution is 2.36. The van der Waals surface area contributed by atoms with Crippen LogP contribution in [0.1, 0.15) is 56.6 Å². The lowest BCUT2D eigenvalue weighted by Crippen LogP contribution is -2.16. The monoisotopic (exact) mass is 246 g/mol. The van der Waals surface area contributed by atoms with Crippen molar-refractivity contribution in [3.05, 3.63) is 29.8 Å². The van der Waals surface area contributed by atoms with E-state index in [1.165, 1.54) is 32.1 Å². The van der Waals surface area contributed by atoms with Crippen LogP contribution in [-0.2, 0) is 0 Å². The Hall–Kier alpha value is -1.02. The van der Waals surface area contributed by atoms with Gasteiger partial charge in [-0.15, -0.1) is 0 Å². The number of benzene rings is 1. The van der Waals surface area contributed by atoms with Gasteiger partial charge in [0.2, 0.25) is 0 Å². The third kappa shape index (κ3) is 2.86. The van der Waals surface area contributed by atoms with Gasteiger partial charge in [0.1, 0.15) is 5.75 Å². The molecule has 0 radical (unpaired) electrons. The zero-order chi connectivity index (χ0) is 12.4. The summed E-state index contributed by atoms with van der Waals surface area (Å²) in [5.41, 5.74) is 1.03. The third-order valence-electron chi connectivity index (χ3n) is 4.12. The van der Waals surface area contributed by atoms with Crippen molar-refractivity contribution in [1.82, 2.24) is 0 Å². The van der Waals surface area contributed by atoms with E-state index in [2.05, 4.69) is 0 Å². The highest BCUT2D eigenvalue weighted by Gasteiger charge is 2.25. The van der Waals surface area contributed by atoms with E-state index in [-0.39, 0.29) is 6.10 Å². The molecule has 0 spiro atoms. The van der Waals surface area contributed by atoms with Gasteiger partial charge in [0.15, 0.2) is 0 Å². The molecule has 1 atom stereocenters. The minimum atomic E-state index is -0.312. The summed E-state index contributed by atoms with van der Waals surface area (Å²) >= 11 is 0. The number of aliphatic hydroxyl groups excluding tert-OH is 1. The molecule has 1 unspecified atom stereocenters. The Labute approximate surface area is 109 Å². The molecular weight excluding hydrogens is 224 g/mol. The van der Waals surface area contributed by atoms with Crippen molar-refractivity contribution in [3.63, 3.8) is 0 Å². The Kier molecular flexibility index (Phi) is 3.55. The predicted octanol–water partition coefficient (Wildman–Crippen LogP) is 3.84. The predicted molar refractivity (Wildman–Crippen MR) is 71.6 cm³/mol. The Morgan fingerprint density at radius 1 is 1.06 bits per heavy atom. The summed E-state index contributed by atoms with van der Waals surface area (Å²) in [6.45, 7) is 0. The first kappa shape index (κ1) is 12.0. The van der Waals surface area contributed by atoms with E-state index in [1.54, 1.807) is 0 Å². The normalized spacial score (nSPS) is 22.7. The minimum absolute atomic E-state index is 0.312. The third-order valence-corrected chi connectivity index (χ3v) is 4.12. The molecule has 2 heteroatoms. The van der Waals surface area contributed by atoms with E-state index < -0.39 is 0 Å². The zero-order valence-electron chi connectivity index (χ0n) is 10.8. The molecule has 1 aromatic rings. The molecule has 0 heterocycles. The van der Waals surface area contributed by atoms with Gasteiger partial charge in [0, 0.05) is 0 Å². The molecule has 2 nitrogen and oxygen atoms in total. The number of hydrogen-bond acceptors (Lipinski definition) is 2. The van der Waals surface area contributed by atoms with Crippen LogP contribution >= 0.6 is 0 Å². The Morgan fingerprint density at radius 2 is 1.83 bits per heavy atom. The molecule has 0 aliphatic heterocycles. The van der Waals surface area contributed by atoms with Gasteiger partial charge in [-0.3, -0.25) is 0 Å². The molecule has 0 amide bonds. The molecule has 2 aliphatic carbocycles. The molecule has 0 saturated heterocycles. The molecule has 0 aromatic heterocycles. The second-order valence-electron chi connectivity index (χ2n) is 5.73. The first-order chi connectivity index (χ1) is 8.83. The van der Waals surface area contributed by atoms with Crippen LogP contribution in [0.25, 0.3) is 0 Å². The van der Waals surface area contributed by atoms with E-state index in [4.69, 9.17) is 4.74 Å². The summed E-state index contributed by atoms with van der Waals surface area (Å²) < 4.78 is 5.79. The van der Waals surface area contributed by atoms with Crippen LogP contribution in [0.5, 0.6) is 5.75 Å². The number of ether oxygens (including phenoxy) is 1. The Bertz CT molecular complexity index is 392. The summed E-state index contributed by atoms with van der Waals surface area (Å²) in [4.78, 5) is 0. The number of rotatable bonds is 4. The van der Waals surface area contributed by atoms with Crippen molar-refractivity contribution in [2.45, 2.75) is 57.2 Å². The average Bonchev–Trinajstić information content (AvgIpc) is 3.23. The molecule has 2 aliphatic rings. The maximum atomic E-state index is 10.5. The van der Waals surface area contributed by atoms with Crippen LogP contribution in [0.2, 0.25) is 0 Å². The van der Waals surface area contributed by atoms with Gasteiger partial charge in [-0.05, 0) is 49.3 Å². The topological polar surface area (TPSA) is 29.5 Å². The van der Waals surface area contributed by atoms with Crippen molar-refractivity contribution in [2.24, 2.45) is 5.92 Å². The lowest BCUT2D eigenvalue weighted by Gasteiger charge is -2.27. The van der Waals surface area contributed by atoms with Crippen molar-refractivity contribution in [2.75, 3.05) is 0 Å². The molecular formula is C16H22O2. The smallest absolute Gasteiger partial charge is 0.120 e. The molecule has 2 saturated carbocycles. The zero-order valence-corrected chi connectivity index (χ0v) is 10.8. The average molecular weight is 246 g/mol. The first-order valence-electron chi connectivity index (χ1n) is 7.27. The van der Waals surface area contributed by atoms with Crippen molar-refractivity contribution in [1.29, 1.82) is 0 Å². The van der Waals surface area contributed by atoms with Gasteiger partial charge >= 0.3 is 0 Å². The van der Waals surface area contributed by atoms with Crippen LogP contribution in [0, 0.1) is 5.92 Å². The summed E-state index contributed by atoms with van der Waals surface area (Å²) in [6.07, 6.45) is 8.64. The maximum Gasteiger partial charge on any atom is 0.120 e.